The van der Waals surface area contributed by atoms with Crippen LogP contribution in [0.15, 0.2) is 48.5 Å². The van der Waals surface area contributed by atoms with Crippen LogP contribution in [0.4, 0.5) is 0 Å². The van der Waals surface area contributed by atoms with Crippen molar-refractivity contribution in [3.8, 4) is 11.1 Å². The van der Waals surface area contributed by atoms with Gasteiger partial charge in [-0.05, 0) is 22.3 Å². The average Bonchev–Trinajstić information content (AvgIpc) is 2.72. The molecule has 0 bridgehead atoms. The standard InChI is InChI=1S/C16H14O2/c1-3-7-14-12(5-1)13-6-2-4-8-15(13)16(14)11-17-9-10-18-16/h1-8H,9-11H2. The van der Waals surface area contributed by atoms with Gasteiger partial charge in [-0.3, -0.25) is 0 Å². The van der Waals surface area contributed by atoms with Crippen LogP contribution in [0.5, 0.6) is 0 Å². The Morgan fingerprint density at radius 3 is 1.94 bits per heavy atom. The predicted octanol–water partition coefficient (Wildman–Crippen LogP) is 2.96. The SMILES string of the molecule is c1ccc2c(c1)-c1ccccc1C21COCCO1. The van der Waals surface area contributed by atoms with Crippen molar-refractivity contribution < 1.29 is 9.47 Å². The van der Waals surface area contributed by atoms with Gasteiger partial charge < -0.3 is 9.47 Å². The molecule has 0 unspecified atom stereocenters. The zero-order valence-corrected chi connectivity index (χ0v) is 10.1. The molecule has 1 aliphatic carbocycles. The Morgan fingerprint density at radius 2 is 1.39 bits per heavy atom. The molecule has 0 aromatic heterocycles. The second-order valence-electron chi connectivity index (χ2n) is 4.82. The summed E-state index contributed by atoms with van der Waals surface area (Å²) in [6, 6.07) is 17.0. The van der Waals surface area contributed by atoms with Gasteiger partial charge >= 0.3 is 0 Å². The van der Waals surface area contributed by atoms with Crippen molar-refractivity contribution in [3.63, 3.8) is 0 Å². The molecule has 1 heterocycles. The van der Waals surface area contributed by atoms with E-state index < -0.39 is 0 Å². The third kappa shape index (κ3) is 1.19. The Labute approximate surface area is 106 Å². The first kappa shape index (κ1) is 10.3. The largest absolute Gasteiger partial charge is 0.375 e. The smallest absolute Gasteiger partial charge is 0.143 e. The first-order chi connectivity index (χ1) is 8.92. The number of hydrogen-bond acceptors (Lipinski definition) is 2. The van der Waals surface area contributed by atoms with Gasteiger partial charge in [0.1, 0.15) is 5.60 Å². The molecule has 18 heavy (non-hydrogen) atoms. The molecule has 1 spiro atoms. The zero-order chi connectivity index (χ0) is 12.0. The van der Waals surface area contributed by atoms with Crippen LogP contribution >= 0.6 is 0 Å². The van der Waals surface area contributed by atoms with Crippen LogP contribution in [0, 0.1) is 0 Å². The lowest BCUT2D eigenvalue weighted by Crippen LogP contribution is -2.40. The van der Waals surface area contributed by atoms with E-state index in [0.29, 0.717) is 19.8 Å². The summed E-state index contributed by atoms with van der Waals surface area (Å²) in [7, 11) is 0. The maximum atomic E-state index is 6.15. The van der Waals surface area contributed by atoms with E-state index in [1.165, 1.54) is 22.3 Å². The Hall–Kier alpha value is -1.64. The highest BCUT2D eigenvalue weighted by atomic mass is 16.6. The highest BCUT2D eigenvalue weighted by molar-refractivity contribution is 5.80. The fourth-order valence-corrected chi connectivity index (χ4v) is 3.13. The monoisotopic (exact) mass is 238 g/mol. The molecule has 0 radical (unpaired) electrons. The van der Waals surface area contributed by atoms with Gasteiger partial charge in [0, 0.05) is 0 Å². The molecule has 0 amide bonds. The maximum Gasteiger partial charge on any atom is 0.143 e. The van der Waals surface area contributed by atoms with Crippen molar-refractivity contribution in [2.75, 3.05) is 19.8 Å². The summed E-state index contributed by atoms with van der Waals surface area (Å²) >= 11 is 0. The molecular formula is C16H14O2. The quantitative estimate of drug-likeness (QED) is 0.702. The Kier molecular flexibility index (Phi) is 2.10. The summed E-state index contributed by atoms with van der Waals surface area (Å²) in [5, 5.41) is 0. The van der Waals surface area contributed by atoms with Crippen LogP contribution < -0.4 is 0 Å². The van der Waals surface area contributed by atoms with E-state index in [1.807, 2.05) is 0 Å². The molecule has 2 aromatic rings. The molecular weight excluding hydrogens is 224 g/mol. The number of fused-ring (bicyclic) bond motifs is 5. The average molecular weight is 238 g/mol. The molecule has 0 N–H and O–H groups in total. The van der Waals surface area contributed by atoms with Crippen molar-refractivity contribution in [1.82, 2.24) is 0 Å². The summed E-state index contributed by atoms with van der Waals surface area (Å²) < 4.78 is 11.9. The maximum absolute atomic E-state index is 6.15. The van der Waals surface area contributed by atoms with E-state index in [1.54, 1.807) is 0 Å². The Balaban J connectivity index is 2.03. The lowest BCUT2D eigenvalue weighted by atomic mass is 9.91. The van der Waals surface area contributed by atoms with E-state index >= 15 is 0 Å². The van der Waals surface area contributed by atoms with Gasteiger partial charge in [0.25, 0.3) is 0 Å². The molecule has 1 saturated heterocycles. The van der Waals surface area contributed by atoms with Gasteiger partial charge in [-0.2, -0.15) is 0 Å². The van der Waals surface area contributed by atoms with Gasteiger partial charge in [-0.1, -0.05) is 48.5 Å². The van der Waals surface area contributed by atoms with Crippen LogP contribution in [0.3, 0.4) is 0 Å². The van der Waals surface area contributed by atoms with Gasteiger partial charge in [-0.25, -0.2) is 0 Å². The van der Waals surface area contributed by atoms with Crippen LogP contribution in [0.25, 0.3) is 11.1 Å². The fourth-order valence-electron chi connectivity index (χ4n) is 3.13. The zero-order valence-electron chi connectivity index (χ0n) is 10.1. The van der Waals surface area contributed by atoms with Crippen LogP contribution in [0.2, 0.25) is 0 Å². The minimum absolute atomic E-state index is 0.383. The summed E-state index contributed by atoms with van der Waals surface area (Å²) in [6.07, 6.45) is 0. The van der Waals surface area contributed by atoms with Gasteiger partial charge in [-0.15, -0.1) is 0 Å². The highest BCUT2D eigenvalue weighted by Gasteiger charge is 2.45. The van der Waals surface area contributed by atoms with Crippen LogP contribution in [-0.4, -0.2) is 19.8 Å². The van der Waals surface area contributed by atoms with E-state index in [9.17, 15) is 0 Å². The summed E-state index contributed by atoms with van der Waals surface area (Å²) in [6.45, 7) is 1.95. The minimum Gasteiger partial charge on any atom is -0.375 e. The number of ether oxygens (including phenoxy) is 2. The van der Waals surface area contributed by atoms with Crippen molar-refractivity contribution in [2.45, 2.75) is 5.60 Å². The molecule has 0 saturated carbocycles. The molecule has 4 rings (SSSR count). The third-order valence-electron chi connectivity index (χ3n) is 3.90. The second-order valence-corrected chi connectivity index (χ2v) is 4.82. The fraction of sp³-hybridized carbons (Fsp3) is 0.250. The normalized spacial score (nSPS) is 19.6. The van der Waals surface area contributed by atoms with Gasteiger partial charge in [0.15, 0.2) is 0 Å². The number of benzene rings is 2. The summed E-state index contributed by atoms with van der Waals surface area (Å²) in [5.74, 6) is 0. The van der Waals surface area contributed by atoms with E-state index in [-0.39, 0.29) is 5.60 Å². The summed E-state index contributed by atoms with van der Waals surface area (Å²) in [5.41, 5.74) is 4.65. The number of rotatable bonds is 0. The number of hydrogen-bond donors (Lipinski definition) is 0. The third-order valence-corrected chi connectivity index (χ3v) is 3.90. The highest BCUT2D eigenvalue weighted by Crippen LogP contribution is 2.50. The molecule has 2 heteroatoms. The van der Waals surface area contributed by atoms with E-state index in [2.05, 4.69) is 48.5 Å². The first-order valence-electron chi connectivity index (χ1n) is 6.33. The van der Waals surface area contributed by atoms with E-state index in [0.717, 1.165) is 0 Å². The Morgan fingerprint density at radius 1 is 0.778 bits per heavy atom. The van der Waals surface area contributed by atoms with Crippen molar-refractivity contribution in [2.24, 2.45) is 0 Å². The molecule has 2 aromatic carbocycles. The van der Waals surface area contributed by atoms with E-state index in [4.69, 9.17) is 9.47 Å². The van der Waals surface area contributed by atoms with Crippen molar-refractivity contribution in [1.29, 1.82) is 0 Å². The van der Waals surface area contributed by atoms with Crippen LogP contribution in [-0.2, 0) is 15.1 Å². The lowest BCUT2D eigenvalue weighted by molar-refractivity contribution is -0.138. The summed E-state index contributed by atoms with van der Waals surface area (Å²) in [4.78, 5) is 0. The molecule has 0 atom stereocenters. The minimum atomic E-state index is -0.383. The molecule has 90 valence electrons. The van der Waals surface area contributed by atoms with Crippen LogP contribution in [0.1, 0.15) is 11.1 Å². The molecule has 2 nitrogen and oxygen atoms in total. The topological polar surface area (TPSA) is 18.5 Å². The van der Waals surface area contributed by atoms with Crippen molar-refractivity contribution in [3.05, 3.63) is 59.7 Å². The molecule has 1 aliphatic heterocycles. The lowest BCUT2D eigenvalue weighted by Gasteiger charge is -2.35. The molecule has 1 fully saturated rings. The first-order valence-corrected chi connectivity index (χ1v) is 6.33. The predicted molar refractivity (Wildman–Crippen MR) is 69.4 cm³/mol. The van der Waals surface area contributed by atoms with Crippen molar-refractivity contribution >= 4 is 0 Å². The Bertz CT molecular complexity index is 550. The second kappa shape index (κ2) is 3.67. The molecule has 2 aliphatic rings. The van der Waals surface area contributed by atoms with Gasteiger partial charge in [0.05, 0.1) is 19.8 Å². The van der Waals surface area contributed by atoms with Gasteiger partial charge in [0.2, 0.25) is 0 Å².